The summed E-state index contributed by atoms with van der Waals surface area (Å²) in [6.07, 6.45) is 3.65. The highest BCUT2D eigenvalue weighted by Gasteiger charge is 2.27. The third-order valence-electron chi connectivity index (χ3n) is 3.35. The minimum Gasteiger partial charge on any atom is -0.385 e. The van der Waals surface area contributed by atoms with E-state index in [1.807, 2.05) is 0 Å². The predicted octanol–water partition coefficient (Wildman–Crippen LogP) is 1.47. The summed E-state index contributed by atoms with van der Waals surface area (Å²) in [6, 6.07) is 1.02. The second-order valence-corrected chi connectivity index (χ2v) is 4.99. The molecule has 0 radical (unpaired) electrons. The van der Waals surface area contributed by atoms with Gasteiger partial charge in [-0.15, -0.1) is 0 Å². The third kappa shape index (κ3) is 4.09. The molecule has 1 fully saturated rings. The second kappa shape index (κ2) is 6.46. The van der Waals surface area contributed by atoms with E-state index < -0.39 is 0 Å². The molecule has 0 bridgehead atoms. The highest BCUT2D eigenvalue weighted by Crippen LogP contribution is 2.23. The summed E-state index contributed by atoms with van der Waals surface area (Å²) in [5, 5.41) is 0. The van der Waals surface area contributed by atoms with E-state index in [-0.39, 0.29) is 6.04 Å². The fourth-order valence-electron chi connectivity index (χ4n) is 2.50. The maximum Gasteiger partial charge on any atom is 0.0477 e. The number of methoxy groups -OCH3 is 1. The van der Waals surface area contributed by atoms with Crippen molar-refractivity contribution in [2.24, 2.45) is 11.7 Å². The normalized spacial score (nSPS) is 25.0. The molecule has 90 valence electrons. The summed E-state index contributed by atoms with van der Waals surface area (Å²) < 4.78 is 5.05. The van der Waals surface area contributed by atoms with Crippen molar-refractivity contribution in [3.63, 3.8) is 0 Å². The Morgan fingerprint density at radius 3 is 2.80 bits per heavy atom. The zero-order valence-corrected chi connectivity index (χ0v) is 10.4. The molecule has 0 amide bonds. The Bertz CT molecular complexity index is 173. The fraction of sp³-hybridized carbons (Fsp3) is 1.00. The summed E-state index contributed by atoms with van der Waals surface area (Å²) in [4.78, 5) is 2.56. The first kappa shape index (κ1) is 12.9. The zero-order chi connectivity index (χ0) is 11.3. The molecular weight excluding hydrogens is 188 g/mol. The molecule has 0 aromatic heterocycles. The monoisotopic (exact) mass is 214 g/mol. The quantitative estimate of drug-likeness (QED) is 0.727. The van der Waals surface area contributed by atoms with Crippen molar-refractivity contribution in [1.82, 2.24) is 4.90 Å². The van der Waals surface area contributed by atoms with Gasteiger partial charge in [-0.2, -0.15) is 0 Å². The van der Waals surface area contributed by atoms with Gasteiger partial charge >= 0.3 is 0 Å². The highest BCUT2D eigenvalue weighted by atomic mass is 16.5. The van der Waals surface area contributed by atoms with Gasteiger partial charge in [0.1, 0.15) is 0 Å². The Morgan fingerprint density at radius 2 is 2.20 bits per heavy atom. The number of hydrogen-bond donors (Lipinski definition) is 1. The van der Waals surface area contributed by atoms with Crippen molar-refractivity contribution in [1.29, 1.82) is 0 Å². The molecule has 1 aliphatic rings. The van der Waals surface area contributed by atoms with Gasteiger partial charge in [0, 0.05) is 32.3 Å². The Balaban J connectivity index is 2.30. The molecule has 0 aromatic carbocycles. The van der Waals surface area contributed by atoms with E-state index in [9.17, 15) is 0 Å². The summed E-state index contributed by atoms with van der Waals surface area (Å²) in [5.41, 5.74) is 6.08. The van der Waals surface area contributed by atoms with Crippen molar-refractivity contribution >= 4 is 0 Å². The molecule has 2 N–H and O–H groups in total. The van der Waals surface area contributed by atoms with E-state index >= 15 is 0 Å². The maximum absolute atomic E-state index is 6.08. The van der Waals surface area contributed by atoms with Gasteiger partial charge in [-0.25, -0.2) is 0 Å². The molecule has 0 spiro atoms. The van der Waals surface area contributed by atoms with Crippen molar-refractivity contribution in [3.8, 4) is 0 Å². The number of nitrogens with two attached hydrogens (primary N) is 1. The Labute approximate surface area is 94.0 Å². The minimum atomic E-state index is 0.268. The van der Waals surface area contributed by atoms with Crippen molar-refractivity contribution < 1.29 is 4.74 Å². The van der Waals surface area contributed by atoms with Crippen LogP contribution in [0.3, 0.4) is 0 Å². The first-order chi connectivity index (χ1) is 7.15. The van der Waals surface area contributed by atoms with Gasteiger partial charge in [-0.3, -0.25) is 4.90 Å². The van der Waals surface area contributed by atoms with Gasteiger partial charge in [-0.05, 0) is 31.7 Å². The van der Waals surface area contributed by atoms with Crippen LogP contribution < -0.4 is 5.73 Å². The molecule has 1 aliphatic heterocycles. The van der Waals surface area contributed by atoms with Crippen LogP contribution in [-0.4, -0.2) is 43.8 Å². The van der Waals surface area contributed by atoms with E-state index in [0.29, 0.717) is 0 Å². The Hall–Kier alpha value is -0.120. The lowest BCUT2D eigenvalue weighted by molar-refractivity contribution is 0.160. The topological polar surface area (TPSA) is 38.5 Å². The lowest BCUT2D eigenvalue weighted by Crippen LogP contribution is -2.42. The van der Waals surface area contributed by atoms with Gasteiger partial charge in [0.2, 0.25) is 0 Å². The van der Waals surface area contributed by atoms with Crippen molar-refractivity contribution in [3.05, 3.63) is 0 Å². The van der Waals surface area contributed by atoms with E-state index in [4.69, 9.17) is 10.5 Å². The molecule has 2 unspecified atom stereocenters. The molecule has 3 nitrogen and oxygen atoms in total. The number of rotatable bonds is 6. The minimum absolute atomic E-state index is 0.268. The van der Waals surface area contributed by atoms with Crippen LogP contribution in [0.4, 0.5) is 0 Å². The van der Waals surface area contributed by atoms with Crippen LogP contribution in [0.2, 0.25) is 0 Å². The van der Waals surface area contributed by atoms with Crippen molar-refractivity contribution in [2.75, 3.05) is 26.8 Å². The smallest absolute Gasteiger partial charge is 0.0477 e. The van der Waals surface area contributed by atoms with Gasteiger partial charge < -0.3 is 10.5 Å². The SMILES string of the molecule is COCCC(N)CN1CCCC1C(C)C. The molecule has 0 aliphatic carbocycles. The number of ether oxygens (including phenoxy) is 1. The van der Waals surface area contributed by atoms with Gasteiger partial charge in [-0.1, -0.05) is 13.8 Å². The fourth-order valence-corrected chi connectivity index (χ4v) is 2.50. The van der Waals surface area contributed by atoms with Crippen LogP contribution in [0, 0.1) is 5.92 Å². The van der Waals surface area contributed by atoms with Gasteiger partial charge in [0.05, 0.1) is 0 Å². The van der Waals surface area contributed by atoms with Crippen LogP contribution in [-0.2, 0) is 4.74 Å². The average molecular weight is 214 g/mol. The number of hydrogen-bond acceptors (Lipinski definition) is 3. The Kier molecular flexibility index (Phi) is 5.58. The highest BCUT2D eigenvalue weighted by molar-refractivity contribution is 4.83. The molecule has 1 rings (SSSR count). The van der Waals surface area contributed by atoms with Gasteiger partial charge in [0.15, 0.2) is 0 Å². The first-order valence-electron chi connectivity index (χ1n) is 6.13. The summed E-state index contributed by atoms with van der Waals surface area (Å²) in [6.45, 7) is 7.66. The van der Waals surface area contributed by atoms with E-state index in [0.717, 1.165) is 31.5 Å². The van der Waals surface area contributed by atoms with Crippen LogP contribution in [0.15, 0.2) is 0 Å². The van der Waals surface area contributed by atoms with Crippen LogP contribution in [0.1, 0.15) is 33.1 Å². The van der Waals surface area contributed by atoms with Crippen molar-refractivity contribution in [2.45, 2.75) is 45.2 Å². The molecule has 1 saturated heterocycles. The predicted molar refractivity (Wildman–Crippen MR) is 63.9 cm³/mol. The summed E-state index contributed by atoms with van der Waals surface area (Å²) in [7, 11) is 1.74. The van der Waals surface area contributed by atoms with E-state index in [2.05, 4.69) is 18.7 Å². The standard InChI is InChI=1S/C12H26N2O/c1-10(2)12-5-4-7-14(12)9-11(13)6-8-15-3/h10-12H,4-9,13H2,1-3H3. The summed E-state index contributed by atoms with van der Waals surface area (Å²) in [5.74, 6) is 0.752. The molecule has 1 heterocycles. The Morgan fingerprint density at radius 1 is 1.47 bits per heavy atom. The zero-order valence-electron chi connectivity index (χ0n) is 10.4. The maximum atomic E-state index is 6.08. The molecule has 3 heteroatoms. The van der Waals surface area contributed by atoms with Crippen LogP contribution >= 0.6 is 0 Å². The lowest BCUT2D eigenvalue weighted by atomic mass is 10.0. The largest absolute Gasteiger partial charge is 0.385 e. The summed E-state index contributed by atoms with van der Waals surface area (Å²) >= 11 is 0. The van der Waals surface area contributed by atoms with Crippen LogP contribution in [0.25, 0.3) is 0 Å². The first-order valence-corrected chi connectivity index (χ1v) is 6.13. The molecule has 15 heavy (non-hydrogen) atoms. The molecular formula is C12H26N2O. The lowest BCUT2D eigenvalue weighted by Gasteiger charge is -2.29. The number of likely N-dealkylation sites (tertiary alicyclic amines) is 1. The number of nitrogens with zero attached hydrogens (tertiary/aromatic N) is 1. The molecule has 0 aromatic rings. The second-order valence-electron chi connectivity index (χ2n) is 4.99. The van der Waals surface area contributed by atoms with E-state index in [1.54, 1.807) is 7.11 Å². The third-order valence-corrected chi connectivity index (χ3v) is 3.35. The van der Waals surface area contributed by atoms with Gasteiger partial charge in [0.25, 0.3) is 0 Å². The van der Waals surface area contributed by atoms with Crippen LogP contribution in [0.5, 0.6) is 0 Å². The van der Waals surface area contributed by atoms with E-state index in [1.165, 1.54) is 19.4 Å². The molecule has 0 saturated carbocycles. The average Bonchev–Trinajstić information content (AvgIpc) is 2.62. The molecule has 2 atom stereocenters.